The maximum Gasteiger partial charge on any atom is 0.142 e. The highest BCUT2D eigenvalue weighted by molar-refractivity contribution is 8.14. The summed E-state index contributed by atoms with van der Waals surface area (Å²) < 4.78 is 0. The Bertz CT molecular complexity index is 247. The van der Waals surface area contributed by atoms with Crippen LogP contribution in [0.25, 0.3) is 0 Å². The summed E-state index contributed by atoms with van der Waals surface area (Å²) >= 11 is 1.74. The van der Waals surface area contributed by atoms with E-state index in [-0.39, 0.29) is 11.2 Å². The lowest BCUT2D eigenvalue weighted by Gasteiger charge is -2.30. The predicted molar refractivity (Wildman–Crippen MR) is 58.4 cm³/mol. The minimum atomic E-state index is -0.346. The third-order valence-electron chi connectivity index (χ3n) is 2.92. The van der Waals surface area contributed by atoms with Gasteiger partial charge in [0.1, 0.15) is 5.78 Å². The van der Waals surface area contributed by atoms with Crippen molar-refractivity contribution in [2.24, 2.45) is 16.3 Å². The van der Waals surface area contributed by atoms with E-state index < -0.39 is 0 Å². The summed E-state index contributed by atoms with van der Waals surface area (Å²) in [6, 6.07) is 0. The SMILES string of the molecule is CC(=O)C(C)(C1=NCCS1)C(C)C. The fraction of sp³-hybridized carbons (Fsp3) is 0.800. The average molecular weight is 199 g/mol. The Balaban J connectivity index is 2.96. The molecule has 0 spiro atoms. The van der Waals surface area contributed by atoms with E-state index in [1.807, 2.05) is 6.92 Å². The fourth-order valence-electron chi connectivity index (χ4n) is 1.45. The molecule has 0 amide bonds. The van der Waals surface area contributed by atoms with Gasteiger partial charge in [0.15, 0.2) is 0 Å². The molecule has 0 aromatic rings. The molecule has 1 aliphatic heterocycles. The average Bonchev–Trinajstić information content (AvgIpc) is 2.54. The third-order valence-corrected chi connectivity index (χ3v) is 4.13. The van der Waals surface area contributed by atoms with Crippen molar-refractivity contribution in [3.8, 4) is 0 Å². The lowest BCUT2D eigenvalue weighted by Crippen LogP contribution is -2.37. The molecular formula is C10H17NOS. The van der Waals surface area contributed by atoms with Crippen LogP contribution in [0.3, 0.4) is 0 Å². The minimum Gasteiger partial charge on any atom is -0.299 e. The monoisotopic (exact) mass is 199 g/mol. The van der Waals surface area contributed by atoms with Crippen LogP contribution in [0.2, 0.25) is 0 Å². The smallest absolute Gasteiger partial charge is 0.142 e. The standard InChI is InChI=1S/C10H17NOS/c1-7(2)10(4,8(3)12)9-11-5-6-13-9/h7H,5-6H2,1-4H3. The van der Waals surface area contributed by atoms with Crippen molar-refractivity contribution in [3.05, 3.63) is 0 Å². The van der Waals surface area contributed by atoms with E-state index in [2.05, 4.69) is 18.8 Å². The molecule has 0 fully saturated rings. The Morgan fingerprint density at radius 3 is 2.54 bits per heavy atom. The summed E-state index contributed by atoms with van der Waals surface area (Å²) in [5.74, 6) is 1.59. The Morgan fingerprint density at radius 1 is 1.62 bits per heavy atom. The fourth-order valence-corrected chi connectivity index (χ4v) is 2.69. The van der Waals surface area contributed by atoms with Crippen molar-refractivity contribution in [2.75, 3.05) is 12.3 Å². The van der Waals surface area contributed by atoms with E-state index in [9.17, 15) is 4.79 Å². The zero-order valence-electron chi connectivity index (χ0n) is 8.76. The Labute approximate surface area is 84.2 Å². The van der Waals surface area contributed by atoms with Crippen molar-refractivity contribution in [1.82, 2.24) is 0 Å². The zero-order chi connectivity index (χ0) is 10.1. The Hall–Kier alpha value is -0.310. The molecule has 0 saturated carbocycles. The van der Waals surface area contributed by atoms with Crippen molar-refractivity contribution < 1.29 is 4.79 Å². The minimum absolute atomic E-state index is 0.232. The molecule has 13 heavy (non-hydrogen) atoms. The van der Waals surface area contributed by atoms with Crippen LogP contribution in [0.4, 0.5) is 0 Å². The van der Waals surface area contributed by atoms with Crippen LogP contribution in [0, 0.1) is 11.3 Å². The molecule has 1 heterocycles. The molecule has 3 heteroatoms. The van der Waals surface area contributed by atoms with Crippen molar-refractivity contribution in [2.45, 2.75) is 27.7 Å². The summed E-state index contributed by atoms with van der Waals surface area (Å²) in [7, 11) is 0. The number of hydrogen-bond donors (Lipinski definition) is 0. The lowest BCUT2D eigenvalue weighted by molar-refractivity contribution is -0.123. The Morgan fingerprint density at radius 2 is 2.23 bits per heavy atom. The van der Waals surface area contributed by atoms with Crippen LogP contribution < -0.4 is 0 Å². The molecule has 1 atom stereocenters. The number of Topliss-reactive ketones (excluding diaryl/α,β-unsaturated/α-hetero) is 1. The number of nitrogens with zero attached hydrogens (tertiary/aromatic N) is 1. The van der Waals surface area contributed by atoms with Gasteiger partial charge < -0.3 is 0 Å². The molecule has 0 radical (unpaired) electrons. The van der Waals surface area contributed by atoms with E-state index >= 15 is 0 Å². The van der Waals surface area contributed by atoms with Crippen LogP contribution in [0.1, 0.15) is 27.7 Å². The van der Waals surface area contributed by atoms with Gasteiger partial charge in [-0.1, -0.05) is 13.8 Å². The summed E-state index contributed by atoms with van der Waals surface area (Å²) in [5, 5.41) is 1.04. The molecule has 0 aromatic carbocycles. The molecule has 0 saturated heterocycles. The van der Waals surface area contributed by atoms with Gasteiger partial charge in [0.25, 0.3) is 0 Å². The van der Waals surface area contributed by atoms with Gasteiger partial charge in [-0.05, 0) is 19.8 Å². The maximum atomic E-state index is 11.6. The van der Waals surface area contributed by atoms with Crippen LogP contribution in [0.15, 0.2) is 4.99 Å². The van der Waals surface area contributed by atoms with Gasteiger partial charge in [-0.2, -0.15) is 0 Å². The molecule has 74 valence electrons. The number of carbonyl (C=O) groups is 1. The number of hydrogen-bond acceptors (Lipinski definition) is 3. The van der Waals surface area contributed by atoms with Crippen LogP contribution >= 0.6 is 11.8 Å². The largest absolute Gasteiger partial charge is 0.299 e. The molecule has 0 N–H and O–H groups in total. The van der Waals surface area contributed by atoms with Crippen LogP contribution in [-0.2, 0) is 4.79 Å². The van der Waals surface area contributed by atoms with Gasteiger partial charge in [-0.15, -0.1) is 11.8 Å². The highest BCUT2D eigenvalue weighted by Gasteiger charge is 2.40. The first kappa shape index (κ1) is 10.8. The summed E-state index contributed by atoms with van der Waals surface area (Å²) in [4.78, 5) is 16.0. The van der Waals surface area contributed by atoms with E-state index in [4.69, 9.17) is 0 Å². The maximum absolute atomic E-state index is 11.6. The number of ketones is 1. The number of aliphatic imine (C=N–C) groups is 1. The zero-order valence-corrected chi connectivity index (χ0v) is 9.57. The molecule has 0 bridgehead atoms. The normalized spacial score (nSPS) is 21.5. The highest BCUT2D eigenvalue weighted by atomic mass is 32.2. The Kier molecular flexibility index (Phi) is 3.17. The number of carbonyl (C=O) groups excluding carboxylic acids is 1. The topological polar surface area (TPSA) is 29.4 Å². The summed E-state index contributed by atoms with van der Waals surface area (Å²) in [5.41, 5.74) is -0.346. The molecule has 1 unspecified atom stereocenters. The lowest BCUT2D eigenvalue weighted by atomic mass is 9.77. The van der Waals surface area contributed by atoms with E-state index in [0.717, 1.165) is 17.3 Å². The van der Waals surface area contributed by atoms with Gasteiger partial charge >= 0.3 is 0 Å². The van der Waals surface area contributed by atoms with Gasteiger partial charge in [0, 0.05) is 12.3 Å². The second-order valence-corrected chi connectivity index (χ2v) is 5.03. The van der Waals surface area contributed by atoms with E-state index in [1.54, 1.807) is 18.7 Å². The van der Waals surface area contributed by atoms with Crippen molar-refractivity contribution >= 4 is 22.6 Å². The molecule has 0 aliphatic carbocycles. The van der Waals surface area contributed by atoms with Gasteiger partial charge in [0.2, 0.25) is 0 Å². The van der Waals surface area contributed by atoms with Crippen molar-refractivity contribution in [3.63, 3.8) is 0 Å². The highest BCUT2D eigenvalue weighted by Crippen LogP contribution is 2.36. The number of thioether (sulfide) groups is 1. The van der Waals surface area contributed by atoms with E-state index in [1.165, 1.54) is 0 Å². The number of rotatable bonds is 3. The first-order valence-electron chi connectivity index (χ1n) is 4.68. The van der Waals surface area contributed by atoms with Crippen LogP contribution in [-0.4, -0.2) is 23.1 Å². The van der Waals surface area contributed by atoms with Gasteiger partial charge in [0.05, 0.1) is 10.5 Å². The van der Waals surface area contributed by atoms with E-state index in [0.29, 0.717) is 5.92 Å². The molecule has 2 nitrogen and oxygen atoms in total. The molecule has 0 aromatic heterocycles. The van der Waals surface area contributed by atoms with Crippen molar-refractivity contribution in [1.29, 1.82) is 0 Å². The molecular weight excluding hydrogens is 182 g/mol. The second-order valence-electron chi connectivity index (χ2n) is 3.95. The summed E-state index contributed by atoms with van der Waals surface area (Å²) in [6.45, 7) is 8.72. The first-order chi connectivity index (χ1) is 5.99. The molecule has 1 aliphatic rings. The summed E-state index contributed by atoms with van der Waals surface area (Å²) in [6.07, 6.45) is 0. The van der Waals surface area contributed by atoms with Crippen LogP contribution in [0.5, 0.6) is 0 Å². The quantitative estimate of drug-likeness (QED) is 0.698. The predicted octanol–water partition coefficient (Wildman–Crippen LogP) is 2.38. The first-order valence-corrected chi connectivity index (χ1v) is 5.67. The molecule has 1 rings (SSSR count). The van der Waals surface area contributed by atoms with Gasteiger partial charge in [-0.3, -0.25) is 9.79 Å². The third kappa shape index (κ3) is 1.80. The second kappa shape index (κ2) is 3.82. The van der Waals surface area contributed by atoms with Gasteiger partial charge in [-0.25, -0.2) is 0 Å².